The van der Waals surface area contributed by atoms with Crippen molar-refractivity contribution in [3.8, 4) is 5.75 Å². The largest absolute Gasteiger partial charge is 0.462 e. The van der Waals surface area contributed by atoms with Gasteiger partial charge in [-0.05, 0) is 40.7 Å². The molecule has 0 atom stereocenters. The van der Waals surface area contributed by atoms with Gasteiger partial charge in [-0.2, -0.15) is 0 Å². The average molecular weight is 360 g/mol. The second-order valence-electron chi connectivity index (χ2n) is 7.05. The van der Waals surface area contributed by atoms with Crippen molar-refractivity contribution in [2.75, 3.05) is 6.61 Å². The van der Waals surface area contributed by atoms with Crippen molar-refractivity contribution < 1.29 is 23.9 Å². The molecule has 1 aromatic carbocycles. The minimum Gasteiger partial charge on any atom is -0.462 e. The zero-order valence-electron chi connectivity index (χ0n) is 16.0. The number of esters is 2. The zero-order valence-corrected chi connectivity index (χ0v) is 16.0. The van der Waals surface area contributed by atoms with Gasteiger partial charge in [0, 0.05) is 19.0 Å². The van der Waals surface area contributed by atoms with Crippen LogP contribution < -0.4 is 4.74 Å². The van der Waals surface area contributed by atoms with Crippen molar-refractivity contribution in [2.24, 2.45) is 12.5 Å². The summed E-state index contributed by atoms with van der Waals surface area (Å²) in [4.78, 5) is 40.6. The van der Waals surface area contributed by atoms with Gasteiger partial charge in [0.2, 0.25) is 0 Å². The van der Waals surface area contributed by atoms with E-state index < -0.39 is 17.4 Å². The van der Waals surface area contributed by atoms with Crippen molar-refractivity contribution in [3.63, 3.8) is 0 Å². The molecule has 26 heavy (non-hydrogen) atoms. The maximum atomic E-state index is 12.5. The molecular weight excluding hydrogens is 336 g/mol. The molecule has 7 heteroatoms. The molecule has 0 bridgehead atoms. The third-order valence-electron chi connectivity index (χ3n) is 4.05. The number of ether oxygens (including phenoxy) is 2. The van der Waals surface area contributed by atoms with Crippen LogP contribution in [-0.2, 0) is 27.8 Å². The summed E-state index contributed by atoms with van der Waals surface area (Å²) in [7, 11) is 1.80. The van der Waals surface area contributed by atoms with Crippen molar-refractivity contribution in [1.29, 1.82) is 0 Å². The first kappa shape index (κ1) is 19.6. The van der Waals surface area contributed by atoms with E-state index in [9.17, 15) is 14.4 Å². The molecule has 0 aliphatic rings. The standard InChI is InChI=1S/C19H24N2O5/c1-7-25-17(23)13-10-14-15(20-11(2)21(14)6)16(12(13)8-9-22)26-18(24)19(3,4)5/h9-10H,7-8H2,1-6H3. The fraction of sp³-hybridized carbons (Fsp3) is 0.474. The van der Waals surface area contributed by atoms with E-state index >= 15 is 0 Å². The lowest BCUT2D eigenvalue weighted by Crippen LogP contribution is -2.26. The van der Waals surface area contributed by atoms with Gasteiger partial charge >= 0.3 is 11.9 Å². The highest BCUT2D eigenvalue weighted by atomic mass is 16.5. The van der Waals surface area contributed by atoms with Gasteiger partial charge in [0.05, 0.1) is 23.1 Å². The van der Waals surface area contributed by atoms with Crippen molar-refractivity contribution >= 4 is 29.3 Å². The molecule has 0 unspecified atom stereocenters. The first-order chi connectivity index (χ1) is 12.1. The van der Waals surface area contributed by atoms with E-state index in [1.165, 1.54) is 0 Å². The Morgan fingerprint density at radius 3 is 2.50 bits per heavy atom. The van der Waals surface area contributed by atoms with Crippen molar-refractivity contribution in [1.82, 2.24) is 9.55 Å². The summed E-state index contributed by atoms with van der Waals surface area (Å²) in [5, 5.41) is 0. The Morgan fingerprint density at radius 1 is 1.31 bits per heavy atom. The maximum absolute atomic E-state index is 12.5. The lowest BCUT2D eigenvalue weighted by molar-refractivity contribution is -0.143. The first-order valence-corrected chi connectivity index (χ1v) is 8.43. The number of aryl methyl sites for hydroxylation is 2. The first-order valence-electron chi connectivity index (χ1n) is 8.43. The second-order valence-corrected chi connectivity index (χ2v) is 7.05. The number of fused-ring (bicyclic) bond motifs is 1. The number of benzene rings is 1. The summed E-state index contributed by atoms with van der Waals surface area (Å²) in [6.07, 6.45) is 0.570. The highest BCUT2D eigenvalue weighted by Gasteiger charge is 2.29. The lowest BCUT2D eigenvalue weighted by Gasteiger charge is -2.19. The Labute approximate surface area is 152 Å². The van der Waals surface area contributed by atoms with Gasteiger partial charge in [-0.3, -0.25) is 4.79 Å². The quantitative estimate of drug-likeness (QED) is 0.463. The molecular formula is C19H24N2O5. The van der Waals surface area contributed by atoms with E-state index in [0.717, 1.165) is 0 Å². The van der Waals surface area contributed by atoms with Crippen LogP contribution in [0.2, 0.25) is 0 Å². The number of carbonyl (C=O) groups excluding carboxylic acids is 3. The number of rotatable bonds is 5. The van der Waals surface area contributed by atoms with E-state index in [2.05, 4.69) is 4.98 Å². The molecule has 2 aromatic rings. The number of imidazole rings is 1. The van der Waals surface area contributed by atoms with Crippen LogP contribution in [0.25, 0.3) is 11.0 Å². The molecule has 0 fully saturated rings. The molecule has 7 nitrogen and oxygen atoms in total. The highest BCUT2D eigenvalue weighted by molar-refractivity contribution is 6.00. The van der Waals surface area contributed by atoms with Gasteiger partial charge in [0.25, 0.3) is 0 Å². The fourth-order valence-electron chi connectivity index (χ4n) is 2.48. The molecule has 140 valence electrons. The Morgan fingerprint density at radius 2 is 1.96 bits per heavy atom. The van der Waals surface area contributed by atoms with Crippen molar-refractivity contribution in [2.45, 2.75) is 41.0 Å². The van der Waals surface area contributed by atoms with E-state index in [-0.39, 0.29) is 24.3 Å². The van der Waals surface area contributed by atoms with E-state index in [0.29, 0.717) is 28.7 Å². The molecule has 0 saturated carbocycles. The molecule has 0 N–H and O–H groups in total. The molecule has 0 saturated heterocycles. The van der Waals surface area contributed by atoms with Crippen LogP contribution in [0.4, 0.5) is 0 Å². The molecule has 2 rings (SSSR count). The number of aromatic nitrogens is 2. The van der Waals surface area contributed by atoms with Gasteiger partial charge in [-0.1, -0.05) is 0 Å². The van der Waals surface area contributed by atoms with Crippen LogP contribution in [0.3, 0.4) is 0 Å². The minimum atomic E-state index is -0.755. The fourth-order valence-corrected chi connectivity index (χ4v) is 2.48. The molecule has 0 radical (unpaired) electrons. The molecule has 0 aliphatic carbocycles. The third kappa shape index (κ3) is 3.61. The predicted octanol–water partition coefficient (Wildman–Crippen LogP) is 2.75. The zero-order chi connectivity index (χ0) is 19.6. The van der Waals surface area contributed by atoms with Crippen molar-refractivity contribution in [3.05, 3.63) is 23.0 Å². The Balaban J connectivity index is 2.81. The summed E-state index contributed by atoms with van der Waals surface area (Å²) in [6.45, 7) is 8.88. The van der Waals surface area contributed by atoms with Crippen LogP contribution in [0, 0.1) is 12.3 Å². The Kier molecular flexibility index (Phi) is 5.49. The lowest BCUT2D eigenvalue weighted by atomic mass is 9.97. The number of nitrogens with zero attached hydrogens (tertiary/aromatic N) is 2. The normalized spacial score (nSPS) is 11.5. The summed E-state index contributed by atoms with van der Waals surface area (Å²) in [5.74, 6) is -0.221. The smallest absolute Gasteiger partial charge is 0.338 e. The minimum absolute atomic E-state index is 0.0908. The summed E-state index contributed by atoms with van der Waals surface area (Å²) >= 11 is 0. The van der Waals surface area contributed by atoms with E-state index in [1.807, 2.05) is 0 Å². The monoisotopic (exact) mass is 360 g/mol. The van der Waals surface area contributed by atoms with Crippen LogP contribution in [0.5, 0.6) is 5.75 Å². The molecule has 0 aliphatic heterocycles. The van der Waals surface area contributed by atoms with Gasteiger partial charge in [0.1, 0.15) is 17.6 Å². The summed E-state index contributed by atoms with van der Waals surface area (Å²) in [5.41, 5.74) is 0.811. The highest BCUT2D eigenvalue weighted by Crippen LogP contribution is 2.35. The molecule has 0 spiro atoms. The topological polar surface area (TPSA) is 87.5 Å². The molecule has 0 amide bonds. The molecule has 1 aromatic heterocycles. The number of hydrogen-bond donors (Lipinski definition) is 0. The second kappa shape index (κ2) is 7.27. The maximum Gasteiger partial charge on any atom is 0.338 e. The van der Waals surface area contributed by atoms with Gasteiger partial charge in [0.15, 0.2) is 5.75 Å². The number of hydrogen-bond acceptors (Lipinski definition) is 6. The van der Waals surface area contributed by atoms with Crippen LogP contribution in [-0.4, -0.2) is 34.4 Å². The molecule has 1 heterocycles. The van der Waals surface area contributed by atoms with Crippen LogP contribution in [0.15, 0.2) is 6.07 Å². The Bertz CT molecular complexity index is 874. The number of aldehydes is 1. The number of carbonyl (C=O) groups is 3. The van der Waals surface area contributed by atoms with Gasteiger partial charge < -0.3 is 18.8 Å². The van der Waals surface area contributed by atoms with E-state index in [1.54, 1.807) is 52.3 Å². The summed E-state index contributed by atoms with van der Waals surface area (Å²) < 4.78 is 12.5. The SMILES string of the molecule is CCOC(=O)c1cc2c(nc(C)n2C)c(OC(=O)C(C)(C)C)c1CC=O. The van der Waals surface area contributed by atoms with E-state index in [4.69, 9.17) is 9.47 Å². The third-order valence-corrected chi connectivity index (χ3v) is 4.05. The average Bonchev–Trinajstić information content (AvgIpc) is 2.83. The van der Waals surface area contributed by atoms with Gasteiger partial charge in [-0.25, -0.2) is 9.78 Å². The van der Waals surface area contributed by atoms with Crippen LogP contribution >= 0.6 is 0 Å². The Hall–Kier alpha value is -2.70. The predicted molar refractivity (Wildman–Crippen MR) is 96.3 cm³/mol. The van der Waals surface area contributed by atoms with Gasteiger partial charge in [-0.15, -0.1) is 0 Å². The summed E-state index contributed by atoms with van der Waals surface area (Å²) in [6, 6.07) is 1.63. The van der Waals surface area contributed by atoms with Crippen LogP contribution in [0.1, 0.15) is 49.4 Å².